The van der Waals surface area contributed by atoms with Crippen molar-refractivity contribution in [3.63, 3.8) is 0 Å². The van der Waals surface area contributed by atoms with Gasteiger partial charge in [-0.3, -0.25) is 4.79 Å². The van der Waals surface area contributed by atoms with Gasteiger partial charge in [0.1, 0.15) is 28.8 Å². The van der Waals surface area contributed by atoms with Gasteiger partial charge in [0.2, 0.25) is 0 Å². The molecule has 0 spiro atoms. The summed E-state index contributed by atoms with van der Waals surface area (Å²) in [5.74, 6) is 0.959. The number of imidazole rings is 2. The van der Waals surface area contributed by atoms with Crippen molar-refractivity contribution in [2.45, 2.75) is 13.5 Å². The van der Waals surface area contributed by atoms with Crippen LogP contribution in [0.1, 0.15) is 27.6 Å². The monoisotopic (exact) mass is 457 g/mol. The number of carbonyl (C=O) groups is 1. The van der Waals surface area contributed by atoms with E-state index in [2.05, 4.69) is 4.98 Å². The average Bonchev–Trinajstić information content (AvgIpc) is 3.44. The summed E-state index contributed by atoms with van der Waals surface area (Å²) < 4.78 is 22.9. The van der Waals surface area contributed by atoms with Crippen molar-refractivity contribution in [1.29, 1.82) is 0 Å². The maximum absolute atomic E-state index is 13.5. The summed E-state index contributed by atoms with van der Waals surface area (Å²) in [4.78, 5) is 23.7. The molecule has 172 valence electrons. The predicted octanol–water partition coefficient (Wildman–Crippen LogP) is 4.45. The summed E-state index contributed by atoms with van der Waals surface area (Å²) in [6, 6.07) is 12.0. The Labute approximate surface area is 196 Å². The van der Waals surface area contributed by atoms with Crippen molar-refractivity contribution in [3.8, 4) is 22.7 Å². The van der Waals surface area contributed by atoms with E-state index in [-0.39, 0.29) is 11.7 Å². The van der Waals surface area contributed by atoms with E-state index in [0.29, 0.717) is 41.6 Å². The second-order valence-corrected chi connectivity index (χ2v) is 8.24. The molecule has 2 aromatic carbocycles. The minimum Gasteiger partial charge on any atom is -0.495 e. The smallest absolute Gasteiger partial charge is 0.272 e. The molecule has 7 nitrogen and oxygen atoms in total. The lowest BCUT2D eigenvalue weighted by atomic mass is 10.1. The number of carbonyl (C=O) groups excluding carboxylic acids is 1. The van der Waals surface area contributed by atoms with E-state index in [1.165, 1.54) is 12.1 Å². The van der Waals surface area contributed by atoms with Gasteiger partial charge >= 0.3 is 0 Å². The second kappa shape index (κ2) is 8.62. The fraction of sp³-hybridized carbons (Fsp3) is 0.192. The van der Waals surface area contributed by atoms with E-state index in [9.17, 15) is 9.18 Å². The van der Waals surface area contributed by atoms with E-state index < -0.39 is 0 Å². The Morgan fingerprint density at radius 3 is 2.59 bits per heavy atom. The normalized spacial score (nSPS) is 13.5. The van der Waals surface area contributed by atoms with Crippen molar-refractivity contribution in [2.75, 3.05) is 20.7 Å². The van der Waals surface area contributed by atoms with Crippen LogP contribution in [0.25, 0.3) is 29.1 Å². The van der Waals surface area contributed by atoms with Gasteiger partial charge < -0.3 is 18.8 Å². The van der Waals surface area contributed by atoms with Crippen LogP contribution >= 0.6 is 0 Å². The van der Waals surface area contributed by atoms with E-state index in [0.717, 1.165) is 16.9 Å². The molecule has 5 rings (SSSR count). The largest absolute Gasteiger partial charge is 0.495 e. The molecule has 0 fully saturated rings. The van der Waals surface area contributed by atoms with Gasteiger partial charge in [0.15, 0.2) is 0 Å². The number of halogens is 1. The van der Waals surface area contributed by atoms with Gasteiger partial charge in [-0.15, -0.1) is 0 Å². The van der Waals surface area contributed by atoms with Crippen LogP contribution in [-0.4, -0.2) is 50.6 Å². The van der Waals surface area contributed by atoms with E-state index in [1.54, 1.807) is 37.5 Å². The zero-order chi connectivity index (χ0) is 23.8. The van der Waals surface area contributed by atoms with E-state index in [1.807, 2.05) is 52.6 Å². The number of aryl methyl sites for hydroxylation is 1. The first-order valence-corrected chi connectivity index (χ1v) is 10.9. The van der Waals surface area contributed by atoms with Crippen molar-refractivity contribution >= 4 is 18.1 Å². The second-order valence-electron chi connectivity index (χ2n) is 8.24. The lowest BCUT2D eigenvalue weighted by molar-refractivity contribution is 0.0750. The van der Waals surface area contributed by atoms with Crippen molar-refractivity contribution < 1.29 is 13.9 Å². The van der Waals surface area contributed by atoms with Gasteiger partial charge in [0.05, 0.1) is 24.8 Å². The molecule has 0 saturated heterocycles. The first-order valence-electron chi connectivity index (χ1n) is 10.9. The molecule has 8 heteroatoms. The Morgan fingerprint density at radius 1 is 1.09 bits per heavy atom. The molecule has 0 aliphatic carbocycles. The lowest BCUT2D eigenvalue weighted by Crippen LogP contribution is -2.37. The number of rotatable bonds is 5. The zero-order valence-corrected chi connectivity index (χ0v) is 19.2. The first-order chi connectivity index (χ1) is 16.4. The van der Waals surface area contributed by atoms with Crippen molar-refractivity contribution in [3.05, 3.63) is 83.6 Å². The molecule has 3 heterocycles. The fourth-order valence-electron chi connectivity index (χ4n) is 4.12. The number of amides is 1. The van der Waals surface area contributed by atoms with Crippen LogP contribution in [0.4, 0.5) is 4.39 Å². The molecule has 1 aliphatic rings. The molecular weight excluding hydrogens is 433 g/mol. The van der Waals surface area contributed by atoms with Crippen LogP contribution < -0.4 is 4.74 Å². The molecule has 0 bridgehead atoms. The van der Waals surface area contributed by atoms with Crippen LogP contribution in [0.5, 0.6) is 5.75 Å². The van der Waals surface area contributed by atoms with Gasteiger partial charge in [-0.1, -0.05) is 12.1 Å². The third-order valence-corrected chi connectivity index (χ3v) is 5.94. The summed E-state index contributed by atoms with van der Waals surface area (Å²) in [5, 5.41) is 0. The van der Waals surface area contributed by atoms with Crippen LogP contribution in [0.3, 0.4) is 0 Å². The highest BCUT2D eigenvalue weighted by molar-refractivity contribution is 5.99. The predicted molar refractivity (Wildman–Crippen MR) is 128 cm³/mol. The Bertz CT molecular complexity index is 1400. The molecule has 1 aliphatic heterocycles. The number of hydrogen-bond donors (Lipinski definition) is 0. The zero-order valence-electron chi connectivity index (χ0n) is 19.2. The quantitative estimate of drug-likeness (QED) is 0.444. The van der Waals surface area contributed by atoms with Crippen LogP contribution in [0, 0.1) is 12.7 Å². The van der Waals surface area contributed by atoms with Gasteiger partial charge in [-0.25, -0.2) is 14.4 Å². The molecule has 1 amide bonds. The molecule has 4 aromatic rings. The van der Waals surface area contributed by atoms with Crippen LogP contribution in [-0.2, 0) is 6.54 Å². The van der Waals surface area contributed by atoms with E-state index in [4.69, 9.17) is 9.72 Å². The fourth-order valence-corrected chi connectivity index (χ4v) is 4.12. The van der Waals surface area contributed by atoms with E-state index >= 15 is 0 Å². The highest BCUT2D eigenvalue weighted by atomic mass is 19.1. The van der Waals surface area contributed by atoms with Gasteiger partial charge in [-0.2, -0.15) is 0 Å². The number of aromatic nitrogens is 4. The number of benzene rings is 2. The van der Waals surface area contributed by atoms with Crippen molar-refractivity contribution in [1.82, 2.24) is 24.0 Å². The first kappa shape index (κ1) is 21.6. The Kier molecular flexibility index (Phi) is 5.49. The number of likely N-dealkylation sites (N-methyl/N-ethyl adjacent to an activating group) is 1. The molecule has 0 unspecified atom stereocenters. The van der Waals surface area contributed by atoms with Gasteiger partial charge in [0, 0.05) is 31.9 Å². The summed E-state index contributed by atoms with van der Waals surface area (Å²) >= 11 is 0. The molecular formula is C26H24FN5O2. The number of fused-ring (bicyclic) bond motifs is 1. The maximum Gasteiger partial charge on any atom is 0.272 e. The summed E-state index contributed by atoms with van der Waals surface area (Å²) in [6.45, 7) is 3.17. The number of ether oxygens (including phenoxy) is 1. The molecule has 0 atom stereocenters. The molecule has 0 N–H and O–H groups in total. The molecule has 2 aromatic heterocycles. The highest BCUT2D eigenvalue weighted by Crippen LogP contribution is 2.30. The Balaban J connectivity index is 1.53. The Morgan fingerprint density at radius 2 is 1.88 bits per heavy atom. The summed E-state index contributed by atoms with van der Waals surface area (Å²) in [6.07, 6.45) is 7.53. The highest BCUT2D eigenvalue weighted by Gasteiger charge is 2.29. The third-order valence-electron chi connectivity index (χ3n) is 5.94. The van der Waals surface area contributed by atoms with Gasteiger partial charge in [-0.05, 0) is 55.0 Å². The standard InChI is InChI=1S/C26H24FN5O2/c1-17-15-31(16-28-17)21-10-4-18(14-22(21)34-3)5-11-23-29-24(19-6-8-20(27)9-7-19)25-26(33)30(2)12-13-32(23)25/h4-11,14-16H,12-13H2,1-3H3. The number of hydrogen-bond acceptors (Lipinski definition) is 4. The van der Waals surface area contributed by atoms with Crippen LogP contribution in [0.15, 0.2) is 55.0 Å². The van der Waals surface area contributed by atoms with Gasteiger partial charge in [0.25, 0.3) is 5.91 Å². The number of methoxy groups -OCH3 is 1. The average molecular weight is 458 g/mol. The molecule has 0 radical (unpaired) electrons. The molecule has 0 saturated carbocycles. The maximum atomic E-state index is 13.5. The number of nitrogens with zero attached hydrogens (tertiary/aromatic N) is 5. The lowest BCUT2D eigenvalue weighted by Gasteiger charge is -2.25. The SMILES string of the molecule is COc1cc(C=Cc2nc(-c3ccc(F)cc3)c3n2CCN(C)C3=O)ccc1-n1cnc(C)c1. The third kappa shape index (κ3) is 3.87. The Hall–Kier alpha value is -4.20. The van der Waals surface area contributed by atoms with Crippen molar-refractivity contribution in [2.24, 2.45) is 0 Å². The topological polar surface area (TPSA) is 65.2 Å². The van der Waals surface area contributed by atoms with Crippen LogP contribution in [0.2, 0.25) is 0 Å². The summed E-state index contributed by atoms with van der Waals surface area (Å²) in [5.41, 5.74) is 4.52. The minimum atomic E-state index is -0.330. The minimum absolute atomic E-state index is 0.0978. The summed E-state index contributed by atoms with van der Waals surface area (Å²) in [7, 11) is 3.41. The molecule has 34 heavy (non-hydrogen) atoms.